The SMILES string of the molecule is CN1CCN(c2ccccc2C2CC(C(=O)O)CN2)C(=O)C1=O. The summed E-state index contributed by atoms with van der Waals surface area (Å²) in [6.45, 7) is 1.33. The minimum Gasteiger partial charge on any atom is -0.481 e. The molecule has 0 spiro atoms. The van der Waals surface area contributed by atoms with Crippen LogP contribution in [0.25, 0.3) is 0 Å². The number of anilines is 1. The molecule has 2 aliphatic heterocycles. The molecule has 2 fully saturated rings. The van der Waals surface area contributed by atoms with Gasteiger partial charge >= 0.3 is 17.8 Å². The zero-order valence-electron chi connectivity index (χ0n) is 12.9. The van der Waals surface area contributed by atoms with Crippen LogP contribution in [-0.4, -0.2) is 54.5 Å². The van der Waals surface area contributed by atoms with Crippen LogP contribution < -0.4 is 10.2 Å². The Labute approximate surface area is 133 Å². The van der Waals surface area contributed by atoms with Crippen molar-refractivity contribution in [3.05, 3.63) is 29.8 Å². The van der Waals surface area contributed by atoms with E-state index in [0.29, 0.717) is 31.7 Å². The number of nitrogens with one attached hydrogen (secondary N) is 1. The van der Waals surface area contributed by atoms with Crippen molar-refractivity contribution in [2.75, 3.05) is 31.6 Å². The molecule has 2 heterocycles. The van der Waals surface area contributed by atoms with Crippen molar-refractivity contribution in [3.63, 3.8) is 0 Å². The maximum atomic E-state index is 12.3. The number of rotatable bonds is 3. The molecule has 2 unspecified atom stereocenters. The Kier molecular flexibility index (Phi) is 4.04. The Balaban J connectivity index is 1.89. The monoisotopic (exact) mass is 317 g/mol. The summed E-state index contributed by atoms with van der Waals surface area (Å²) in [7, 11) is 1.61. The number of benzene rings is 1. The summed E-state index contributed by atoms with van der Waals surface area (Å²) >= 11 is 0. The van der Waals surface area contributed by atoms with E-state index >= 15 is 0 Å². The number of nitrogens with zero attached hydrogens (tertiary/aromatic N) is 2. The number of para-hydroxylation sites is 1. The summed E-state index contributed by atoms with van der Waals surface area (Å²) in [6, 6.07) is 7.24. The van der Waals surface area contributed by atoms with Gasteiger partial charge in [-0.15, -0.1) is 0 Å². The van der Waals surface area contributed by atoms with Gasteiger partial charge in [-0.05, 0) is 18.1 Å². The molecule has 2 amide bonds. The smallest absolute Gasteiger partial charge is 0.316 e. The second-order valence-electron chi connectivity index (χ2n) is 5.97. The zero-order chi connectivity index (χ0) is 16.6. The lowest BCUT2D eigenvalue weighted by Gasteiger charge is -2.33. The largest absolute Gasteiger partial charge is 0.481 e. The first kappa shape index (κ1) is 15.5. The van der Waals surface area contributed by atoms with Crippen molar-refractivity contribution in [2.24, 2.45) is 5.92 Å². The summed E-state index contributed by atoms with van der Waals surface area (Å²) in [6.07, 6.45) is 0.474. The zero-order valence-corrected chi connectivity index (χ0v) is 12.9. The quantitative estimate of drug-likeness (QED) is 0.779. The first-order chi connectivity index (χ1) is 11.0. The van der Waals surface area contributed by atoms with Gasteiger partial charge in [-0.25, -0.2) is 0 Å². The van der Waals surface area contributed by atoms with Crippen LogP contribution in [-0.2, 0) is 14.4 Å². The molecule has 1 aromatic rings. The number of aliphatic carboxylic acids is 1. The Morgan fingerprint density at radius 3 is 2.65 bits per heavy atom. The molecule has 0 aliphatic carbocycles. The molecule has 0 bridgehead atoms. The van der Waals surface area contributed by atoms with Crippen molar-refractivity contribution in [2.45, 2.75) is 12.5 Å². The molecule has 3 rings (SSSR count). The van der Waals surface area contributed by atoms with Crippen molar-refractivity contribution in [1.29, 1.82) is 0 Å². The second-order valence-corrected chi connectivity index (χ2v) is 5.97. The van der Waals surface area contributed by atoms with Crippen molar-refractivity contribution in [1.82, 2.24) is 10.2 Å². The maximum Gasteiger partial charge on any atom is 0.316 e. The second kappa shape index (κ2) is 6.00. The molecule has 2 N–H and O–H groups in total. The van der Waals surface area contributed by atoms with E-state index in [-0.39, 0.29) is 6.04 Å². The lowest BCUT2D eigenvalue weighted by molar-refractivity contribution is -0.145. The summed E-state index contributed by atoms with van der Waals surface area (Å²) in [4.78, 5) is 38.3. The molecule has 0 aromatic heterocycles. The van der Waals surface area contributed by atoms with Crippen molar-refractivity contribution >= 4 is 23.5 Å². The van der Waals surface area contributed by atoms with Gasteiger partial charge in [0.25, 0.3) is 0 Å². The van der Waals surface area contributed by atoms with Crippen LogP contribution in [0.3, 0.4) is 0 Å². The van der Waals surface area contributed by atoms with Crippen molar-refractivity contribution < 1.29 is 19.5 Å². The third-order valence-electron chi connectivity index (χ3n) is 4.52. The van der Waals surface area contributed by atoms with E-state index in [4.69, 9.17) is 5.11 Å². The normalized spacial score (nSPS) is 25.1. The molecule has 7 heteroatoms. The fourth-order valence-electron chi connectivity index (χ4n) is 3.15. The molecule has 2 atom stereocenters. The number of carboxylic acids is 1. The van der Waals surface area contributed by atoms with Crippen LogP contribution in [0.1, 0.15) is 18.0 Å². The number of hydrogen-bond acceptors (Lipinski definition) is 4. The Morgan fingerprint density at radius 1 is 1.22 bits per heavy atom. The summed E-state index contributed by atoms with van der Waals surface area (Å²) in [5.41, 5.74) is 1.55. The van der Waals surface area contributed by atoms with E-state index in [1.165, 1.54) is 9.80 Å². The van der Waals surface area contributed by atoms with Crippen LogP contribution >= 0.6 is 0 Å². The Hall–Kier alpha value is -2.41. The van der Waals surface area contributed by atoms with Gasteiger partial charge in [-0.3, -0.25) is 14.4 Å². The highest BCUT2D eigenvalue weighted by Gasteiger charge is 2.35. The fourth-order valence-corrected chi connectivity index (χ4v) is 3.15. The highest BCUT2D eigenvalue weighted by molar-refractivity contribution is 6.41. The Bertz CT molecular complexity index is 660. The first-order valence-electron chi connectivity index (χ1n) is 7.61. The molecule has 1 aromatic carbocycles. The van der Waals surface area contributed by atoms with E-state index in [2.05, 4.69) is 5.32 Å². The van der Waals surface area contributed by atoms with Crippen LogP contribution in [0.4, 0.5) is 5.69 Å². The topological polar surface area (TPSA) is 89.9 Å². The Morgan fingerprint density at radius 2 is 1.96 bits per heavy atom. The molecule has 122 valence electrons. The molecule has 2 saturated heterocycles. The molecular formula is C16H19N3O4. The van der Waals surface area contributed by atoms with Gasteiger partial charge < -0.3 is 20.2 Å². The standard InChI is InChI=1S/C16H19N3O4/c1-18-6-7-19(15(21)14(18)20)13-5-3-2-4-11(13)12-8-10(9-17-12)16(22)23/h2-5,10,12,17H,6-9H2,1H3,(H,22,23). The number of likely N-dealkylation sites (N-methyl/N-ethyl adjacent to an activating group) is 1. The van der Waals surface area contributed by atoms with Gasteiger partial charge in [0.05, 0.1) is 5.92 Å². The third-order valence-corrected chi connectivity index (χ3v) is 4.52. The van der Waals surface area contributed by atoms with Crippen LogP contribution in [0.2, 0.25) is 0 Å². The lowest BCUT2D eigenvalue weighted by Crippen LogP contribution is -2.53. The van der Waals surface area contributed by atoms with E-state index in [1.807, 2.05) is 24.3 Å². The van der Waals surface area contributed by atoms with Gasteiger partial charge in [-0.2, -0.15) is 0 Å². The highest BCUT2D eigenvalue weighted by atomic mass is 16.4. The molecule has 2 aliphatic rings. The fraction of sp³-hybridized carbons (Fsp3) is 0.438. The molecule has 0 radical (unpaired) electrons. The van der Waals surface area contributed by atoms with Gasteiger partial charge in [-0.1, -0.05) is 18.2 Å². The van der Waals surface area contributed by atoms with E-state index in [9.17, 15) is 14.4 Å². The van der Waals surface area contributed by atoms with E-state index < -0.39 is 23.7 Å². The van der Waals surface area contributed by atoms with Gasteiger partial charge in [0.1, 0.15) is 0 Å². The van der Waals surface area contributed by atoms with Gasteiger partial charge in [0.15, 0.2) is 0 Å². The molecule has 23 heavy (non-hydrogen) atoms. The summed E-state index contributed by atoms with van der Waals surface area (Å²) in [5, 5.41) is 12.4. The number of carbonyl (C=O) groups is 3. The number of piperazine rings is 1. The maximum absolute atomic E-state index is 12.3. The minimum atomic E-state index is -0.816. The highest BCUT2D eigenvalue weighted by Crippen LogP contribution is 2.34. The van der Waals surface area contributed by atoms with Crippen molar-refractivity contribution in [3.8, 4) is 0 Å². The summed E-state index contributed by atoms with van der Waals surface area (Å²) in [5.74, 6) is -2.31. The van der Waals surface area contributed by atoms with E-state index in [0.717, 1.165) is 5.56 Å². The molecule has 7 nitrogen and oxygen atoms in total. The van der Waals surface area contributed by atoms with Crippen LogP contribution in [0, 0.1) is 5.92 Å². The average molecular weight is 317 g/mol. The predicted octanol–water partition coefficient (Wildman–Crippen LogP) is 0.227. The van der Waals surface area contributed by atoms with Gasteiger partial charge in [0, 0.05) is 38.4 Å². The molecule has 0 saturated carbocycles. The molecular weight excluding hydrogens is 298 g/mol. The minimum absolute atomic E-state index is 0.130. The third kappa shape index (κ3) is 2.79. The number of carbonyl (C=O) groups excluding carboxylic acids is 2. The van der Waals surface area contributed by atoms with Gasteiger partial charge in [0.2, 0.25) is 0 Å². The number of amides is 2. The average Bonchev–Trinajstić information content (AvgIpc) is 3.03. The number of hydrogen-bond donors (Lipinski definition) is 2. The van der Waals surface area contributed by atoms with Crippen LogP contribution in [0.5, 0.6) is 0 Å². The predicted molar refractivity (Wildman–Crippen MR) is 82.9 cm³/mol. The first-order valence-corrected chi connectivity index (χ1v) is 7.61. The van der Waals surface area contributed by atoms with E-state index in [1.54, 1.807) is 7.05 Å². The lowest BCUT2D eigenvalue weighted by atomic mass is 9.98. The van der Waals surface area contributed by atoms with Crippen LogP contribution in [0.15, 0.2) is 24.3 Å². The number of carboxylic acid groups (broad SMARTS) is 1. The summed E-state index contributed by atoms with van der Waals surface area (Å²) < 4.78 is 0.